The molecule has 0 rings (SSSR count). The molecule has 0 fully saturated rings. The SMILES string of the molecule is CCC(=O)[O-].CCC(=O)[O-].CCCCCNCCN.[Na+].[Na+]. The normalized spacial score (nSPS) is 7.81. The minimum Gasteiger partial charge on any atom is -0.550 e. The van der Waals surface area contributed by atoms with Crippen molar-refractivity contribution in [2.75, 3.05) is 19.6 Å². The zero-order chi connectivity index (χ0) is 15.5. The molecule has 6 nitrogen and oxygen atoms in total. The molecule has 0 unspecified atom stereocenters. The van der Waals surface area contributed by atoms with E-state index in [-0.39, 0.29) is 72.0 Å². The van der Waals surface area contributed by atoms with Crippen molar-refractivity contribution in [3.63, 3.8) is 0 Å². The number of unbranched alkanes of at least 4 members (excludes halogenated alkanes) is 2. The summed E-state index contributed by atoms with van der Waals surface area (Å²) < 4.78 is 0. The summed E-state index contributed by atoms with van der Waals surface area (Å²) in [5.74, 6) is -1.99. The predicted molar refractivity (Wildman–Crippen MR) is 72.0 cm³/mol. The van der Waals surface area contributed by atoms with Gasteiger partial charge in [0.25, 0.3) is 0 Å². The van der Waals surface area contributed by atoms with Gasteiger partial charge >= 0.3 is 59.1 Å². The van der Waals surface area contributed by atoms with Crippen LogP contribution in [0.15, 0.2) is 0 Å². The van der Waals surface area contributed by atoms with Crippen molar-refractivity contribution in [2.24, 2.45) is 5.73 Å². The van der Waals surface area contributed by atoms with Crippen LogP contribution in [0, 0.1) is 0 Å². The maximum absolute atomic E-state index is 9.26. The predicted octanol–water partition coefficient (Wildman–Crippen LogP) is -6.97. The van der Waals surface area contributed by atoms with Crippen LogP contribution in [0.3, 0.4) is 0 Å². The molecule has 0 aromatic carbocycles. The summed E-state index contributed by atoms with van der Waals surface area (Å²) in [4.78, 5) is 18.5. The van der Waals surface area contributed by atoms with Crippen LogP contribution in [0.5, 0.6) is 0 Å². The molecule has 21 heavy (non-hydrogen) atoms. The molecule has 0 amide bonds. The first kappa shape index (κ1) is 33.5. The van der Waals surface area contributed by atoms with Gasteiger partial charge in [0.1, 0.15) is 0 Å². The van der Waals surface area contributed by atoms with E-state index in [2.05, 4.69) is 12.2 Å². The minimum absolute atomic E-state index is 0. The summed E-state index contributed by atoms with van der Waals surface area (Å²) in [5.41, 5.74) is 5.28. The van der Waals surface area contributed by atoms with Crippen molar-refractivity contribution in [3.8, 4) is 0 Å². The second-order valence-corrected chi connectivity index (χ2v) is 3.70. The van der Waals surface area contributed by atoms with Crippen LogP contribution in [0.2, 0.25) is 0 Å². The Kier molecular flexibility index (Phi) is 52.1. The Hall–Kier alpha value is 0.860. The van der Waals surface area contributed by atoms with Gasteiger partial charge < -0.3 is 30.9 Å². The van der Waals surface area contributed by atoms with Crippen LogP contribution in [-0.4, -0.2) is 31.6 Å². The van der Waals surface area contributed by atoms with Crippen molar-refractivity contribution in [1.82, 2.24) is 5.32 Å². The van der Waals surface area contributed by atoms with E-state index in [4.69, 9.17) is 5.73 Å². The molecule has 0 heterocycles. The first-order chi connectivity index (χ1) is 8.95. The van der Waals surface area contributed by atoms with E-state index in [1.807, 2.05) is 0 Å². The largest absolute Gasteiger partial charge is 1.00 e. The van der Waals surface area contributed by atoms with E-state index in [1.54, 1.807) is 0 Å². The van der Waals surface area contributed by atoms with Crippen LogP contribution in [0.25, 0.3) is 0 Å². The van der Waals surface area contributed by atoms with Crippen molar-refractivity contribution < 1.29 is 78.9 Å². The number of hydrogen-bond donors (Lipinski definition) is 2. The van der Waals surface area contributed by atoms with E-state index >= 15 is 0 Å². The topological polar surface area (TPSA) is 118 Å². The number of carboxylic acids is 2. The van der Waals surface area contributed by atoms with Crippen LogP contribution in [0.4, 0.5) is 0 Å². The van der Waals surface area contributed by atoms with E-state index in [0.29, 0.717) is 0 Å². The number of hydrogen-bond acceptors (Lipinski definition) is 6. The fourth-order valence-corrected chi connectivity index (χ4v) is 0.727. The third-order valence-corrected chi connectivity index (χ3v) is 1.86. The molecule has 3 N–H and O–H groups in total. The molecule has 0 atom stereocenters. The second-order valence-electron chi connectivity index (χ2n) is 3.70. The standard InChI is InChI=1S/C7H18N2.2C3H6O2.2Na/c1-2-3-4-6-9-7-5-8;2*1-2-3(4)5;;/h9H,2-8H2,1H3;2*2H2,1H3,(H,4,5);;/q;;;2*+1/p-2. The summed E-state index contributed by atoms with van der Waals surface area (Å²) >= 11 is 0. The first-order valence-electron chi connectivity index (χ1n) is 6.76. The Bertz CT molecular complexity index is 189. The minimum atomic E-state index is -0.995. The number of carbonyl (C=O) groups is 2. The van der Waals surface area contributed by atoms with Crippen molar-refractivity contribution in [3.05, 3.63) is 0 Å². The van der Waals surface area contributed by atoms with Gasteiger partial charge in [-0.15, -0.1) is 0 Å². The Morgan fingerprint density at radius 1 is 0.905 bits per heavy atom. The van der Waals surface area contributed by atoms with E-state index in [1.165, 1.54) is 33.1 Å². The van der Waals surface area contributed by atoms with Crippen LogP contribution in [-0.2, 0) is 9.59 Å². The fourth-order valence-electron chi connectivity index (χ4n) is 0.727. The van der Waals surface area contributed by atoms with Gasteiger partial charge in [-0.3, -0.25) is 0 Å². The zero-order valence-electron chi connectivity index (χ0n) is 14.4. The summed E-state index contributed by atoms with van der Waals surface area (Å²) in [5, 5.41) is 21.8. The Labute approximate surface area is 173 Å². The van der Waals surface area contributed by atoms with E-state index < -0.39 is 11.9 Å². The van der Waals surface area contributed by atoms with Crippen LogP contribution >= 0.6 is 0 Å². The number of nitrogens with two attached hydrogens (primary N) is 1. The molecule has 8 heteroatoms. The number of rotatable bonds is 8. The van der Waals surface area contributed by atoms with Gasteiger partial charge in [-0.25, -0.2) is 0 Å². The zero-order valence-corrected chi connectivity index (χ0v) is 18.4. The molecule has 0 saturated carbocycles. The molecule has 0 aromatic rings. The molecule has 0 aliphatic heterocycles. The molecule has 0 radical (unpaired) electrons. The van der Waals surface area contributed by atoms with Crippen molar-refractivity contribution >= 4 is 11.9 Å². The van der Waals surface area contributed by atoms with Crippen molar-refractivity contribution in [2.45, 2.75) is 52.9 Å². The molecule has 0 spiro atoms. The van der Waals surface area contributed by atoms with Crippen LogP contribution < -0.4 is 80.4 Å². The van der Waals surface area contributed by atoms with Gasteiger partial charge in [0, 0.05) is 25.0 Å². The number of carboxylic acid groups (broad SMARTS) is 2. The van der Waals surface area contributed by atoms with Gasteiger partial charge in [-0.05, 0) is 25.8 Å². The fraction of sp³-hybridized carbons (Fsp3) is 0.846. The second kappa shape index (κ2) is 32.7. The first-order valence-corrected chi connectivity index (χ1v) is 6.76. The summed E-state index contributed by atoms with van der Waals surface area (Å²) in [6, 6.07) is 0. The average molecular weight is 322 g/mol. The summed E-state index contributed by atoms with van der Waals surface area (Å²) in [6.45, 7) is 8.13. The molecule has 116 valence electrons. The molecule has 0 aliphatic rings. The maximum Gasteiger partial charge on any atom is 1.00 e. The monoisotopic (exact) mass is 322 g/mol. The molecular weight excluding hydrogens is 294 g/mol. The van der Waals surface area contributed by atoms with E-state index in [9.17, 15) is 19.8 Å². The number of aliphatic carboxylic acids is 2. The van der Waals surface area contributed by atoms with Gasteiger partial charge in [0.2, 0.25) is 0 Å². The van der Waals surface area contributed by atoms with Gasteiger partial charge in [-0.1, -0.05) is 33.6 Å². The quantitative estimate of drug-likeness (QED) is 0.339. The molecular formula is C13H28N2Na2O4. The van der Waals surface area contributed by atoms with Gasteiger partial charge in [0.15, 0.2) is 0 Å². The molecule has 0 saturated heterocycles. The summed E-state index contributed by atoms with van der Waals surface area (Å²) in [7, 11) is 0. The van der Waals surface area contributed by atoms with Gasteiger partial charge in [0.05, 0.1) is 0 Å². The number of carbonyl (C=O) groups excluding carboxylic acids is 2. The van der Waals surface area contributed by atoms with Gasteiger partial charge in [-0.2, -0.15) is 0 Å². The number of nitrogens with one attached hydrogen (secondary N) is 1. The smallest absolute Gasteiger partial charge is 0.550 e. The van der Waals surface area contributed by atoms with Crippen LogP contribution in [0.1, 0.15) is 52.9 Å². The van der Waals surface area contributed by atoms with E-state index in [0.717, 1.165) is 19.6 Å². The Balaban J connectivity index is -0.0000000622. The molecule has 0 bridgehead atoms. The van der Waals surface area contributed by atoms with Crippen molar-refractivity contribution in [1.29, 1.82) is 0 Å². The third-order valence-electron chi connectivity index (χ3n) is 1.86. The third kappa shape index (κ3) is 62.9. The molecule has 0 aliphatic carbocycles. The average Bonchev–Trinajstić information content (AvgIpc) is 2.40. The summed E-state index contributed by atoms with van der Waals surface area (Å²) in [6.07, 6.45) is 4.14. The molecule has 0 aromatic heterocycles. The maximum atomic E-state index is 9.26. The Morgan fingerprint density at radius 2 is 1.29 bits per heavy atom. The Morgan fingerprint density at radius 3 is 1.52 bits per heavy atom.